The van der Waals surface area contributed by atoms with Gasteiger partial charge in [-0.3, -0.25) is 4.79 Å². The molecule has 3 nitrogen and oxygen atoms in total. The van der Waals surface area contributed by atoms with Crippen LogP contribution < -0.4 is 10.6 Å². The molecule has 2 atom stereocenters. The van der Waals surface area contributed by atoms with Crippen LogP contribution >= 0.6 is 24.2 Å². The van der Waals surface area contributed by atoms with Crippen molar-refractivity contribution in [3.8, 4) is 0 Å². The van der Waals surface area contributed by atoms with Crippen LogP contribution in [-0.2, 0) is 4.79 Å². The number of halogens is 1. The molecule has 1 fully saturated rings. The highest BCUT2D eigenvalue weighted by molar-refractivity contribution is 7.98. The Hall–Kier alpha value is 0.0700. The van der Waals surface area contributed by atoms with E-state index in [4.69, 9.17) is 0 Å². The zero-order chi connectivity index (χ0) is 11.3. The Bertz CT molecular complexity index is 220. The molecular weight excluding hydrogens is 244 g/mol. The van der Waals surface area contributed by atoms with E-state index in [0.717, 1.165) is 31.6 Å². The molecular formula is C11H23ClN2OS. The molecule has 0 aromatic carbocycles. The van der Waals surface area contributed by atoms with Crippen LogP contribution in [0.3, 0.4) is 0 Å². The van der Waals surface area contributed by atoms with E-state index < -0.39 is 0 Å². The Morgan fingerprint density at radius 1 is 1.62 bits per heavy atom. The zero-order valence-electron chi connectivity index (χ0n) is 10.3. The first-order valence-electron chi connectivity index (χ1n) is 5.69. The van der Waals surface area contributed by atoms with Crippen molar-refractivity contribution in [1.82, 2.24) is 10.6 Å². The minimum absolute atomic E-state index is 0. The standard InChI is InChI=1S/C11H22N2OS.ClH/c1-4-11(6-5-7-12-11)10(14)13-9(2)8-15-3;/h9,12H,4-8H2,1-3H3,(H,13,14);1H. The quantitative estimate of drug-likeness (QED) is 0.798. The fourth-order valence-corrected chi connectivity index (χ4v) is 2.70. The number of nitrogens with one attached hydrogen (secondary N) is 2. The molecule has 1 amide bonds. The van der Waals surface area contributed by atoms with Crippen LogP contribution in [0, 0.1) is 0 Å². The molecule has 0 aromatic heterocycles. The minimum atomic E-state index is -0.285. The number of hydrogen-bond donors (Lipinski definition) is 2. The van der Waals surface area contributed by atoms with E-state index in [0.29, 0.717) is 0 Å². The number of amides is 1. The Balaban J connectivity index is 0.00000225. The number of rotatable bonds is 5. The van der Waals surface area contributed by atoms with Gasteiger partial charge in [-0.1, -0.05) is 6.92 Å². The SMILES string of the molecule is CCC1(C(=O)NC(C)CSC)CCCN1.Cl. The summed E-state index contributed by atoms with van der Waals surface area (Å²) in [6.45, 7) is 5.11. The summed E-state index contributed by atoms with van der Waals surface area (Å²) >= 11 is 1.77. The molecule has 0 bridgehead atoms. The van der Waals surface area contributed by atoms with E-state index in [2.05, 4.69) is 30.7 Å². The number of carbonyl (C=O) groups is 1. The molecule has 1 rings (SSSR count). The van der Waals surface area contributed by atoms with Crippen LogP contribution in [-0.4, -0.2) is 36.0 Å². The van der Waals surface area contributed by atoms with Crippen LogP contribution in [0.25, 0.3) is 0 Å². The summed E-state index contributed by atoms with van der Waals surface area (Å²) < 4.78 is 0. The first-order chi connectivity index (χ1) is 7.14. The fraction of sp³-hybridized carbons (Fsp3) is 0.909. The van der Waals surface area contributed by atoms with E-state index in [1.54, 1.807) is 11.8 Å². The van der Waals surface area contributed by atoms with E-state index in [-0.39, 0.29) is 29.9 Å². The molecule has 0 saturated carbocycles. The van der Waals surface area contributed by atoms with Gasteiger partial charge >= 0.3 is 0 Å². The lowest BCUT2D eigenvalue weighted by atomic mass is 9.93. The minimum Gasteiger partial charge on any atom is -0.351 e. The summed E-state index contributed by atoms with van der Waals surface area (Å²) in [6, 6.07) is 0.262. The van der Waals surface area contributed by atoms with E-state index >= 15 is 0 Å². The Morgan fingerprint density at radius 2 is 2.31 bits per heavy atom. The molecule has 5 heteroatoms. The normalized spacial score (nSPS) is 25.9. The van der Waals surface area contributed by atoms with Crippen molar-refractivity contribution < 1.29 is 4.79 Å². The molecule has 1 aliphatic heterocycles. The van der Waals surface area contributed by atoms with Crippen molar-refractivity contribution in [3.05, 3.63) is 0 Å². The van der Waals surface area contributed by atoms with Crippen molar-refractivity contribution >= 4 is 30.1 Å². The van der Waals surface area contributed by atoms with Crippen LogP contribution in [0.2, 0.25) is 0 Å². The molecule has 0 aromatic rings. The number of carbonyl (C=O) groups excluding carboxylic acids is 1. The number of thioether (sulfide) groups is 1. The maximum Gasteiger partial charge on any atom is 0.240 e. The summed E-state index contributed by atoms with van der Waals surface area (Å²) in [7, 11) is 0. The van der Waals surface area contributed by atoms with Crippen LogP contribution in [0.5, 0.6) is 0 Å². The van der Waals surface area contributed by atoms with Gasteiger partial charge in [0, 0.05) is 11.8 Å². The van der Waals surface area contributed by atoms with E-state index in [9.17, 15) is 4.79 Å². The predicted molar refractivity (Wildman–Crippen MR) is 73.5 cm³/mol. The second-order valence-corrected chi connectivity index (χ2v) is 5.21. The lowest BCUT2D eigenvalue weighted by Gasteiger charge is -2.28. The van der Waals surface area contributed by atoms with Crippen molar-refractivity contribution in [1.29, 1.82) is 0 Å². The summed E-state index contributed by atoms with van der Waals surface area (Å²) in [5.74, 6) is 1.16. The zero-order valence-corrected chi connectivity index (χ0v) is 12.0. The van der Waals surface area contributed by atoms with Gasteiger partial charge in [-0.15, -0.1) is 12.4 Å². The summed E-state index contributed by atoms with van der Waals surface area (Å²) in [5.41, 5.74) is -0.285. The molecule has 0 aliphatic carbocycles. The Kier molecular flexibility index (Phi) is 7.44. The van der Waals surface area contributed by atoms with Gasteiger partial charge in [0.1, 0.15) is 0 Å². The molecule has 2 unspecified atom stereocenters. The van der Waals surface area contributed by atoms with Gasteiger partial charge in [0.25, 0.3) is 0 Å². The van der Waals surface area contributed by atoms with Gasteiger partial charge in [-0.05, 0) is 39.0 Å². The molecule has 96 valence electrons. The summed E-state index contributed by atoms with van der Waals surface area (Å²) in [4.78, 5) is 12.1. The van der Waals surface area contributed by atoms with Crippen molar-refractivity contribution in [2.24, 2.45) is 0 Å². The summed E-state index contributed by atoms with van der Waals surface area (Å²) in [5, 5.41) is 6.44. The molecule has 1 saturated heterocycles. The van der Waals surface area contributed by atoms with Crippen LogP contribution in [0.4, 0.5) is 0 Å². The van der Waals surface area contributed by atoms with Gasteiger partial charge in [-0.2, -0.15) is 11.8 Å². The van der Waals surface area contributed by atoms with Crippen LogP contribution in [0.1, 0.15) is 33.1 Å². The number of hydrogen-bond acceptors (Lipinski definition) is 3. The molecule has 2 N–H and O–H groups in total. The molecule has 0 radical (unpaired) electrons. The first-order valence-corrected chi connectivity index (χ1v) is 7.09. The van der Waals surface area contributed by atoms with Gasteiger partial charge in [0.15, 0.2) is 0 Å². The third-order valence-corrected chi connectivity index (χ3v) is 3.91. The Labute approximate surface area is 109 Å². The average Bonchev–Trinajstić information content (AvgIpc) is 2.67. The van der Waals surface area contributed by atoms with E-state index in [1.807, 2.05) is 0 Å². The van der Waals surface area contributed by atoms with Gasteiger partial charge < -0.3 is 10.6 Å². The first kappa shape index (κ1) is 16.1. The topological polar surface area (TPSA) is 41.1 Å². The highest BCUT2D eigenvalue weighted by Crippen LogP contribution is 2.23. The third kappa shape index (κ3) is 3.82. The predicted octanol–water partition coefficient (Wildman–Crippen LogP) is 1.81. The highest BCUT2D eigenvalue weighted by Gasteiger charge is 2.39. The monoisotopic (exact) mass is 266 g/mol. The average molecular weight is 267 g/mol. The van der Waals surface area contributed by atoms with Crippen LogP contribution in [0.15, 0.2) is 0 Å². The van der Waals surface area contributed by atoms with Gasteiger partial charge in [-0.25, -0.2) is 0 Å². The highest BCUT2D eigenvalue weighted by atomic mass is 35.5. The van der Waals surface area contributed by atoms with Crippen molar-refractivity contribution in [2.45, 2.75) is 44.7 Å². The van der Waals surface area contributed by atoms with Crippen molar-refractivity contribution in [3.63, 3.8) is 0 Å². The largest absolute Gasteiger partial charge is 0.351 e. The van der Waals surface area contributed by atoms with Crippen molar-refractivity contribution in [2.75, 3.05) is 18.6 Å². The smallest absolute Gasteiger partial charge is 0.240 e. The summed E-state index contributed by atoms with van der Waals surface area (Å²) in [6.07, 6.45) is 5.02. The lowest BCUT2D eigenvalue weighted by Crippen LogP contribution is -2.55. The third-order valence-electron chi connectivity index (χ3n) is 3.08. The maximum absolute atomic E-state index is 12.1. The second-order valence-electron chi connectivity index (χ2n) is 4.30. The molecule has 0 spiro atoms. The second kappa shape index (κ2) is 7.41. The van der Waals surface area contributed by atoms with Gasteiger partial charge in [0.05, 0.1) is 5.54 Å². The molecule has 16 heavy (non-hydrogen) atoms. The maximum atomic E-state index is 12.1. The Morgan fingerprint density at radius 3 is 2.75 bits per heavy atom. The fourth-order valence-electron chi connectivity index (χ4n) is 2.12. The molecule has 1 aliphatic rings. The lowest BCUT2D eigenvalue weighted by molar-refractivity contribution is -0.127. The molecule has 1 heterocycles. The van der Waals surface area contributed by atoms with E-state index in [1.165, 1.54) is 0 Å². The van der Waals surface area contributed by atoms with Gasteiger partial charge in [0.2, 0.25) is 5.91 Å².